The Bertz CT molecular complexity index is 397. The van der Waals surface area contributed by atoms with Gasteiger partial charge in [0, 0.05) is 13.7 Å². The fourth-order valence-electron chi connectivity index (χ4n) is 1.86. The highest BCUT2D eigenvalue weighted by molar-refractivity contribution is 5.36. The van der Waals surface area contributed by atoms with Gasteiger partial charge in [0.1, 0.15) is 0 Å². The molecule has 2 N–H and O–H groups in total. The van der Waals surface area contributed by atoms with Gasteiger partial charge in [-0.25, -0.2) is 0 Å². The van der Waals surface area contributed by atoms with Crippen molar-refractivity contribution in [2.75, 3.05) is 37.5 Å². The lowest BCUT2D eigenvalue weighted by Crippen LogP contribution is -2.26. The van der Waals surface area contributed by atoms with E-state index in [2.05, 4.69) is 39.4 Å². The second-order valence-electron chi connectivity index (χ2n) is 4.71. The minimum atomic E-state index is 0.177. The molecule has 0 radical (unpaired) electrons. The third-order valence-electron chi connectivity index (χ3n) is 2.76. The van der Waals surface area contributed by atoms with E-state index in [1.54, 1.807) is 7.11 Å². The number of hydrogen-bond donors (Lipinski definition) is 2. The summed E-state index contributed by atoms with van der Waals surface area (Å²) in [5.74, 6) is 1.05. The van der Waals surface area contributed by atoms with E-state index in [1.165, 1.54) is 0 Å². The number of anilines is 2. The molecule has 1 aromatic heterocycles. The molecule has 0 spiro atoms. The first kappa shape index (κ1) is 17.4. The predicted molar refractivity (Wildman–Crippen MR) is 84.0 cm³/mol. The molecule has 1 aromatic rings. The smallest absolute Gasteiger partial charge is 0.323 e. The van der Waals surface area contributed by atoms with E-state index in [0.29, 0.717) is 31.1 Å². The molecule has 0 aliphatic carbocycles. The zero-order valence-corrected chi connectivity index (χ0v) is 13.5. The van der Waals surface area contributed by atoms with Crippen LogP contribution in [0.4, 0.5) is 11.9 Å². The Kier molecular flexibility index (Phi) is 8.42. The van der Waals surface area contributed by atoms with Crippen molar-refractivity contribution < 1.29 is 9.47 Å². The van der Waals surface area contributed by atoms with Crippen LogP contribution in [0, 0.1) is 0 Å². The van der Waals surface area contributed by atoms with E-state index in [9.17, 15) is 0 Å². The predicted octanol–water partition coefficient (Wildman–Crippen LogP) is 2.32. The molecule has 120 valence electrons. The van der Waals surface area contributed by atoms with E-state index >= 15 is 0 Å². The topological polar surface area (TPSA) is 81.2 Å². The van der Waals surface area contributed by atoms with Crippen LogP contribution in [0.2, 0.25) is 0 Å². The summed E-state index contributed by atoms with van der Waals surface area (Å²) in [7, 11) is 1.69. The van der Waals surface area contributed by atoms with Crippen LogP contribution in [0.25, 0.3) is 0 Å². The minimum absolute atomic E-state index is 0.177. The zero-order valence-electron chi connectivity index (χ0n) is 13.5. The van der Waals surface area contributed by atoms with Crippen molar-refractivity contribution in [3.05, 3.63) is 0 Å². The zero-order chi connectivity index (χ0) is 15.5. The van der Waals surface area contributed by atoms with Crippen LogP contribution in [0.1, 0.15) is 40.0 Å². The van der Waals surface area contributed by atoms with Gasteiger partial charge in [0.2, 0.25) is 11.9 Å². The molecular weight excluding hydrogens is 270 g/mol. The Morgan fingerprint density at radius 2 is 1.81 bits per heavy atom. The molecule has 0 amide bonds. The van der Waals surface area contributed by atoms with E-state index in [4.69, 9.17) is 9.47 Å². The Hall–Kier alpha value is -1.63. The van der Waals surface area contributed by atoms with Crippen LogP contribution >= 0.6 is 0 Å². The van der Waals surface area contributed by atoms with Gasteiger partial charge in [0.15, 0.2) is 0 Å². The maximum atomic E-state index is 5.40. The van der Waals surface area contributed by atoms with Crippen molar-refractivity contribution in [1.29, 1.82) is 0 Å². The van der Waals surface area contributed by atoms with Gasteiger partial charge in [-0.2, -0.15) is 15.0 Å². The fraction of sp³-hybridized carbons (Fsp3) is 0.786. The largest absolute Gasteiger partial charge is 0.464 e. The maximum absolute atomic E-state index is 5.40. The number of methoxy groups -OCH3 is 1. The standard InChI is InChI=1S/C14H27N5O2/c1-5-8-11(10-20-4)16-13-17-12(15-9-6-2)18-14(19-13)21-7-3/h11H,5-10H2,1-4H3,(H2,15,16,17,18,19). The lowest BCUT2D eigenvalue weighted by Gasteiger charge is -2.17. The van der Waals surface area contributed by atoms with Gasteiger partial charge in [0.25, 0.3) is 0 Å². The number of ether oxygens (including phenoxy) is 2. The summed E-state index contributed by atoms with van der Waals surface area (Å²) in [5.41, 5.74) is 0. The molecule has 0 saturated carbocycles. The number of hydrogen-bond acceptors (Lipinski definition) is 7. The summed E-state index contributed by atoms with van der Waals surface area (Å²) in [6.07, 6.45) is 3.05. The molecular formula is C14H27N5O2. The molecule has 0 saturated heterocycles. The van der Waals surface area contributed by atoms with Crippen molar-refractivity contribution in [1.82, 2.24) is 15.0 Å². The second kappa shape index (κ2) is 10.1. The molecule has 0 aliphatic heterocycles. The van der Waals surface area contributed by atoms with E-state index in [-0.39, 0.29) is 6.04 Å². The molecule has 0 fully saturated rings. The molecule has 0 bridgehead atoms. The van der Waals surface area contributed by atoms with Crippen molar-refractivity contribution in [2.24, 2.45) is 0 Å². The molecule has 7 nitrogen and oxygen atoms in total. The van der Waals surface area contributed by atoms with E-state index < -0.39 is 0 Å². The van der Waals surface area contributed by atoms with Crippen molar-refractivity contribution >= 4 is 11.9 Å². The first-order valence-electron chi connectivity index (χ1n) is 7.61. The third kappa shape index (κ3) is 6.57. The second-order valence-corrected chi connectivity index (χ2v) is 4.71. The van der Waals surface area contributed by atoms with E-state index in [0.717, 1.165) is 25.8 Å². The van der Waals surface area contributed by atoms with Crippen LogP contribution in [-0.4, -0.2) is 47.9 Å². The SMILES string of the molecule is CCCNc1nc(NC(CCC)COC)nc(OCC)n1. The highest BCUT2D eigenvalue weighted by Crippen LogP contribution is 2.13. The van der Waals surface area contributed by atoms with Crippen LogP contribution in [0.15, 0.2) is 0 Å². The lowest BCUT2D eigenvalue weighted by molar-refractivity contribution is 0.182. The highest BCUT2D eigenvalue weighted by atomic mass is 16.5. The van der Waals surface area contributed by atoms with Gasteiger partial charge in [-0.05, 0) is 19.8 Å². The Balaban J connectivity index is 2.83. The summed E-state index contributed by atoms with van der Waals surface area (Å²) in [6.45, 7) is 8.07. The Labute approximate surface area is 126 Å². The molecule has 1 unspecified atom stereocenters. The van der Waals surface area contributed by atoms with E-state index in [1.807, 2.05) is 6.92 Å². The Morgan fingerprint density at radius 3 is 2.43 bits per heavy atom. The van der Waals surface area contributed by atoms with Crippen LogP contribution in [-0.2, 0) is 4.74 Å². The monoisotopic (exact) mass is 297 g/mol. The molecule has 0 aromatic carbocycles. The molecule has 21 heavy (non-hydrogen) atoms. The Morgan fingerprint density at radius 1 is 1.05 bits per heavy atom. The molecule has 1 atom stereocenters. The molecule has 0 aliphatic rings. The molecule has 7 heteroatoms. The summed E-state index contributed by atoms with van der Waals surface area (Å²) in [6, 6.07) is 0.511. The van der Waals surface area contributed by atoms with Crippen LogP contribution in [0.5, 0.6) is 6.01 Å². The lowest BCUT2D eigenvalue weighted by atomic mass is 10.2. The third-order valence-corrected chi connectivity index (χ3v) is 2.76. The number of nitrogens with zero attached hydrogens (tertiary/aromatic N) is 3. The normalized spacial score (nSPS) is 12.0. The highest BCUT2D eigenvalue weighted by Gasteiger charge is 2.12. The van der Waals surface area contributed by atoms with Crippen LogP contribution < -0.4 is 15.4 Å². The molecule has 1 heterocycles. The van der Waals surface area contributed by atoms with Gasteiger partial charge in [-0.15, -0.1) is 0 Å². The summed E-state index contributed by atoms with van der Waals surface area (Å²) < 4.78 is 10.6. The van der Waals surface area contributed by atoms with Gasteiger partial charge in [-0.3, -0.25) is 0 Å². The van der Waals surface area contributed by atoms with Crippen molar-refractivity contribution in [2.45, 2.75) is 46.1 Å². The number of rotatable bonds is 11. The first-order valence-corrected chi connectivity index (χ1v) is 7.61. The van der Waals surface area contributed by atoms with Gasteiger partial charge in [0.05, 0.1) is 19.3 Å². The summed E-state index contributed by atoms with van der Waals surface area (Å²) in [4.78, 5) is 12.9. The number of nitrogens with one attached hydrogen (secondary N) is 2. The number of aromatic nitrogens is 3. The summed E-state index contributed by atoms with van der Waals surface area (Å²) >= 11 is 0. The quantitative estimate of drug-likeness (QED) is 0.648. The first-order chi connectivity index (χ1) is 10.2. The van der Waals surface area contributed by atoms with Crippen molar-refractivity contribution in [3.63, 3.8) is 0 Å². The van der Waals surface area contributed by atoms with Gasteiger partial charge >= 0.3 is 6.01 Å². The average Bonchev–Trinajstić information content (AvgIpc) is 2.46. The van der Waals surface area contributed by atoms with Gasteiger partial charge in [-0.1, -0.05) is 20.3 Å². The van der Waals surface area contributed by atoms with Gasteiger partial charge < -0.3 is 20.1 Å². The van der Waals surface area contributed by atoms with Crippen molar-refractivity contribution in [3.8, 4) is 6.01 Å². The minimum Gasteiger partial charge on any atom is -0.464 e. The van der Waals surface area contributed by atoms with Crippen LogP contribution in [0.3, 0.4) is 0 Å². The fourth-order valence-corrected chi connectivity index (χ4v) is 1.86. The maximum Gasteiger partial charge on any atom is 0.323 e. The average molecular weight is 297 g/mol. The molecule has 1 rings (SSSR count). The summed E-state index contributed by atoms with van der Waals surface area (Å²) in [5, 5.41) is 6.45.